The van der Waals surface area contributed by atoms with E-state index in [0.717, 1.165) is 19.4 Å². The van der Waals surface area contributed by atoms with Crippen LogP contribution in [-0.4, -0.2) is 47.5 Å². The molecule has 2 rings (SSSR count). The number of nitrogens with zero attached hydrogens (tertiary/aromatic N) is 1. The summed E-state index contributed by atoms with van der Waals surface area (Å²) in [4.78, 5) is 2.74. The van der Waals surface area contributed by atoms with Crippen molar-refractivity contribution >= 4 is 18.4 Å². The van der Waals surface area contributed by atoms with Gasteiger partial charge in [-0.25, -0.2) is 0 Å². The third-order valence-electron chi connectivity index (χ3n) is 7.32. The molecule has 2 nitrogen and oxygen atoms in total. The molecule has 0 radical (unpaired) electrons. The Morgan fingerprint density at radius 3 is 2.16 bits per heavy atom. The van der Waals surface area contributed by atoms with E-state index in [9.17, 15) is 5.11 Å². The second-order valence-electron chi connectivity index (χ2n) is 9.92. The van der Waals surface area contributed by atoms with Gasteiger partial charge in [-0.05, 0) is 0 Å². The molecule has 0 saturated carbocycles. The second kappa shape index (κ2) is 14.6. The van der Waals surface area contributed by atoms with Gasteiger partial charge >= 0.3 is 198 Å². The van der Waals surface area contributed by atoms with Crippen molar-refractivity contribution in [3.8, 4) is 5.75 Å². The first-order chi connectivity index (χ1) is 15.1. The van der Waals surface area contributed by atoms with Gasteiger partial charge in [0.1, 0.15) is 0 Å². The Kier molecular flexibility index (Phi) is 12.6. The van der Waals surface area contributed by atoms with Gasteiger partial charge in [0.25, 0.3) is 0 Å². The normalized spacial score (nSPS) is 16.9. The van der Waals surface area contributed by atoms with Crippen LogP contribution in [-0.2, 0) is 12.8 Å². The topological polar surface area (TPSA) is 23.5 Å². The molecule has 31 heavy (non-hydrogen) atoms. The van der Waals surface area contributed by atoms with Crippen LogP contribution in [0.1, 0.15) is 90.2 Å². The van der Waals surface area contributed by atoms with Gasteiger partial charge in [-0.15, -0.1) is 0 Å². The first-order valence-corrected chi connectivity index (χ1v) is 21.0. The van der Waals surface area contributed by atoms with Crippen molar-refractivity contribution in [2.24, 2.45) is 0 Å². The summed E-state index contributed by atoms with van der Waals surface area (Å²) in [5.74, 6) is 0.419. The molecular weight excluding hydrogens is 485 g/mol. The van der Waals surface area contributed by atoms with Gasteiger partial charge in [0.2, 0.25) is 0 Å². The molecule has 0 amide bonds. The fourth-order valence-corrected chi connectivity index (χ4v) is 19.7. The fourth-order valence-electron chi connectivity index (χ4n) is 5.40. The van der Waals surface area contributed by atoms with Gasteiger partial charge in [0.05, 0.1) is 0 Å². The van der Waals surface area contributed by atoms with Gasteiger partial charge in [0, 0.05) is 0 Å². The Labute approximate surface area is 197 Å². The number of aromatic hydroxyl groups is 1. The monoisotopic (exact) mass is 535 g/mol. The van der Waals surface area contributed by atoms with Crippen LogP contribution < -0.4 is 0 Å². The molecule has 0 heterocycles. The van der Waals surface area contributed by atoms with Crippen LogP contribution in [0.5, 0.6) is 5.75 Å². The Morgan fingerprint density at radius 2 is 1.58 bits per heavy atom. The molecule has 3 heteroatoms. The SMILES string of the molecule is CCC[CH2][Sn](/[CH]=C/CN(CCC)C1CCc2ccc(O)cc2C1)([CH2]CCC)[CH2]CCC. The minimum atomic E-state index is -2.18. The maximum absolute atomic E-state index is 9.94. The molecule has 0 spiro atoms. The van der Waals surface area contributed by atoms with E-state index < -0.39 is 18.4 Å². The molecule has 0 fully saturated rings. The van der Waals surface area contributed by atoms with Crippen molar-refractivity contribution in [3.63, 3.8) is 0 Å². The summed E-state index contributed by atoms with van der Waals surface area (Å²) in [5, 5.41) is 9.94. The Bertz CT molecular complexity index is 635. The van der Waals surface area contributed by atoms with E-state index >= 15 is 0 Å². The van der Waals surface area contributed by atoms with Gasteiger partial charge in [-0.2, -0.15) is 0 Å². The number of hydrogen-bond donors (Lipinski definition) is 1. The van der Waals surface area contributed by atoms with Crippen LogP contribution in [0.3, 0.4) is 0 Å². The average molecular weight is 534 g/mol. The number of benzene rings is 1. The van der Waals surface area contributed by atoms with Crippen molar-refractivity contribution in [2.75, 3.05) is 13.1 Å². The summed E-state index contributed by atoms with van der Waals surface area (Å²) in [5.41, 5.74) is 2.80. The third-order valence-corrected chi connectivity index (χ3v) is 21.6. The van der Waals surface area contributed by atoms with Gasteiger partial charge in [0.15, 0.2) is 0 Å². The molecule has 1 aliphatic rings. The van der Waals surface area contributed by atoms with Crippen LogP contribution >= 0.6 is 0 Å². The summed E-state index contributed by atoms with van der Waals surface area (Å²) in [7, 11) is 0. The summed E-state index contributed by atoms with van der Waals surface area (Å²) >= 11 is -2.18. The van der Waals surface area contributed by atoms with Crippen molar-refractivity contribution in [1.29, 1.82) is 0 Å². The number of rotatable bonds is 15. The van der Waals surface area contributed by atoms with E-state index in [-0.39, 0.29) is 0 Å². The van der Waals surface area contributed by atoms with Gasteiger partial charge in [-0.3, -0.25) is 0 Å². The summed E-state index contributed by atoms with van der Waals surface area (Å²) in [6.45, 7) is 11.7. The molecule has 0 aliphatic heterocycles. The molecule has 1 unspecified atom stereocenters. The molecule has 0 aromatic heterocycles. The zero-order chi connectivity index (χ0) is 22.5. The second-order valence-corrected chi connectivity index (χ2v) is 22.9. The van der Waals surface area contributed by atoms with E-state index in [0.29, 0.717) is 11.8 Å². The summed E-state index contributed by atoms with van der Waals surface area (Å²) < 4.78 is 7.53. The number of hydrogen-bond acceptors (Lipinski definition) is 2. The summed E-state index contributed by atoms with van der Waals surface area (Å²) in [6.07, 6.45) is 15.7. The first kappa shape index (κ1) is 26.8. The van der Waals surface area contributed by atoms with Crippen molar-refractivity contribution < 1.29 is 5.11 Å². The standard InChI is InChI=1S/C16H22NO.3C4H9.Sn/c1-3-9-17(10-4-2)15-7-5-13-6-8-16(18)12-14(13)11-15;3*1-3-4-2;/h1,3,6,8,12,15,18H,4-5,7,9-11H2,2H3;3*1,3-4H2,2H3;. The Balaban J connectivity index is 2.10. The van der Waals surface area contributed by atoms with Crippen LogP contribution in [0, 0.1) is 0 Å². The first-order valence-electron chi connectivity index (χ1n) is 13.3. The van der Waals surface area contributed by atoms with E-state index in [2.05, 4.69) is 48.8 Å². The quantitative estimate of drug-likeness (QED) is 0.231. The Hall–Kier alpha value is -0.481. The van der Waals surface area contributed by atoms with Crippen LogP contribution in [0.15, 0.2) is 28.4 Å². The molecule has 176 valence electrons. The predicted octanol–water partition coefficient (Wildman–Crippen LogP) is 7.91. The number of fused-ring (bicyclic) bond motifs is 1. The van der Waals surface area contributed by atoms with Crippen LogP contribution in [0.25, 0.3) is 0 Å². The third kappa shape index (κ3) is 8.76. The molecule has 1 N–H and O–H groups in total. The van der Waals surface area contributed by atoms with E-state index in [1.165, 1.54) is 69.0 Å². The zero-order valence-electron chi connectivity index (χ0n) is 21.0. The average Bonchev–Trinajstić information content (AvgIpc) is 2.78. The maximum atomic E-state index is 9.94. The number of unbranched alkanes of at least 4 members (excludes halogenated alkanes) is 3. The predicted molar refractivity (Wildman–Crippen MR) is 140 cm³/mol. The molecule has 1 aliphatic carbocycles. The molecule has 0 bridgehead atoms. The van der Waals surface area contributed by atoms with E-state index in [1.807, 2.05) is 12.1 Å². The van der Waals surface area contributed by atoms with E-state index in [4.69, 9.17) is 0 Å². The van der Waals surface area contributed by atoms with Crippen molar-refractivity contribution in [2.45, 2.75) is 111 Å². The molecular formula is C28H49NOSn. The molecule has 1 aromatic carbocycles. The molecule has 0 saturated heterocycles. The van der Waals surface area contributed by atoms with Crippen LogP contribution in [0.2, 0.25) is 13.3 Å². The van der Waals surface area contributed by atoms with Crippen LogP contribution in [0.4, 0.5) is 0 Å². The molecule has 1 atom stereocenters. The van der Waals surface area contributed by atoms with Crippen molar-refractivity contribution in [3.05, 3.63) is 39.5 Å². The zero-order valence-corrected chi connectivity index (χ0v) is 23.8. The van der Waals surface area contributed by atoms with Gasteiger partial charge in [-0.1, -0.05) is 0 Å². The minimum absolute atomic E-state index is 0.419. The van der Waals surface area contributed by atoms with Gasteiger partial charge < -0.3 is 0 Å². The fraction of sp³-hybridized carbons (Fsp3) is 0.714. The number of phenolic OH excluding ortho intramolecular Hbond substituents is 1. The number of aryl methyl sites for hydroxylation is 1. The van der Waals surface area contributed by atoms with E-state index in [1.54, 1.807) is 13.3 Å². The summed E-state index contributed by atoms with van der Waals surface area (Å²) in [6, 6.07) is 6.60. The Morgan fingerprint density at radius 1 is 0.935 bits per heavy atom. The molecule has 1 aromatic rings. The van der Waals surface area contributed by atoms with Crippen molar-refractivity contribution in [1.82, 2.24) is 4.90 Å². The number of phenols is 1.